The Balaban J connectivity index is 2.15. The van der Waals surface area contributed by atoms with Gasteiger partial charge in [0.25, 0.3) is 0 Å². The summed E-state index contributed by atoms with van der Waals surface area (Å²) >= 11 is 0. The van der Waals surface area contributed by atoms with Crippen molar-refractivity contribution in [3.05, 3.63) is 23.5 Å². The summed E-state index contributed by atoms with van der Waals surface area (Å²) in [5, 5.41) is 0. The molecular formula is C13H20N2O3S. The summed E-state index contributed by atoms with van der Waals surface area (Å²) in [6, 6.07) is 3.71. The SMILES string of the molecule is Cc1ccc(OC2CCS(=O)(=O)C2)c(CC(C)N)n1. The van der Waals surface area contributed by atoms with Crippen molar-refractivity contribution >= 4 is 9.84 Å². The highest BCUT2D eigenvalue weighted by molar-refractivity contribution is 7.91. The molecule has 2 unspecified atom stereocenters. The number of ether oxygens (including phenoxy) is 1. The minimum atomic E-state index is -2.93. The Kier molecular flexibility index (Phi) is 4.10. The van der Waals surface area contributed by atoms with Gasteiger partial charge in [-0.2, -0.15) is 0 Å². The first kappa shape index (κ1) is 14.3. The number of rotatable bonds is 4. The van der Waals surface area contributed by atoms with Gasteiger partial charge in [-0.3, -0.25) is 4.98 Å². The Hall–Kier alpha value is -1.14. The van der Waals surface area contributed by atoms with Crippen molar-refractivity contribution in [3.63, 3.8) is 0 Å². The van der Waals surface area contributed by atoms with Crippen LogP contribution in [0.25, 0.3) is 0 Å². The Morgan fingerprint density at radius 1 is 1.53 bits per heavy atom. The highest BCUT2D eigenvalue weighted by Crippen LogP contribution is 2.23. The molecule has 2 atom stereocenters. The molecule has 0 bridgehead atoms. The molecule has 1 aliphatic rings. The van der Waals surface area contributed by atoms with Crippen LogP contribution in [-0.4, -0.2) is 37.1 Å². The van der Waals surface area contributed by atoms with Crippen LogP contribution in [0.3, 0.4) is 0 Å². The van der Waals surface area contributed by atoms with Crippen molar-refractivity contribution in [1.29, 1.82) is 0 Å². The van der Waals surface area contributed by atoms with Gasteiger partial charge in [-0.1, -0.05) is 0 Å². The molecule has 1 saturated heterocycles. The van der Waals surface area contributed by atoms with Gasteiger partial charge in [-0.05, 0) is 32.4 Å². The van der Waals surface area contributed by atoms with Crippen LogP contribution in [0.15, 0.2) is 12.1 Å². The Morgan fingerprint density at radius 2 is 2.26 bits per heavy atom. The molecule has 1 aromatic heterocycles. The van der Waals surface area contributed by atoms with Gasteiger partial charge < -0.3 is 10.5 Å². The summed E-state index contributed by atoms with van der Waals surface area (Å²) in [5.74, 6) is 0.961. The molecule has 2 N–H and O–H groups in total. The van der Waals surface area contributed by atoms with E-state index in [1.807, 2.05) is 26.0 Å². The van der Waals surface area contributed by atoms with Crippen LogP contribution in [0, 0.1) is 6.92 Å². The summed E-state index contributed by atoms with van der Waals surface area (Å²) in [6.07, 6.45) is 0.908. The third-order valence-electron chi connectivity index (χ3n) is 3.07. The van der Waals surface area contributed by atoms with E-state index in [1.165, 1.54) is 0 Å². The van der Waals surface area contributed by atoms with Gasteiger partial charge in [0.1, 0.15) is 11.9 Å². The average molecular weight is 284 g/mol. The van der Waals surface area contributed by atoms with Gasteiger partial charge in [0.2, 0.25) is 0 Å². The van der Waals surface area contributed by atoms with Crippen molar-refractivity contribution in [2.75, 3.05) is 11.5 Å². The topological polar surface area (TPSA) is 82.3 Å². The minimum absolute atomic E-state index is 0.0102. The number of hydrogen-bond donors (Lipinski definition) is 1. The molecule has 1 aliphatic heterocycles. The van der Waals surface area contributed by atoms with Crippen LogP contribution >= 0.6 is 0 Å². The molecule has 106 valence electrons. The van der Waals surface area contributed by atoms with Gasteiger partial charge in [0.15, 0.2) is 9.84 Å². The van der Waals surface area contributed by atoms with E-state index in [0.717, 1.165) is 11.4 Å². The van der Waals surface area contributed by atoms with Crippen LogP contribution in [0.2, 0.25) is 0 Å². The third kappa shape index (κ3) is 3.91. The summed E-state index contributed by atoms with van der Waals surface area (Å²) in [4.78, 5) is 4.44. The van der Waals surface area contributed by atoms with Crippen LogP contribution in [-0.2, 0) is 16.3 Å². The zero-order chi connectivity index (χ0) is 14.0. The monoisotopic (exact) mass is 284 g/mol. The first-order valence-electron chi connectivity index (χ1n) is 6.45. The number of nitrogens with two attached hydrogens (primary N) is 1. The number of hydrogen-bond acceptors (Lipinski definition) is 5. The van der Waals surface area contributed by atoms with Gasteiger partial charge in [-0.15, -0.1) is 0 Å². The molecule has 1 aromatic rings. The van der Waals surface area contributed by atoms with Gasteiger partial charge >= 0.3 is 0 Å². The fourth-order valence-electron chi connectivity index (χ4n) is 2.19. The average Bonchev–Trinajstić information content (AvgIpc) is 2.61. The fourth-order valence-corrected chi connectivity index (χ4v) is 3.78. The largest absolute Gasteiger partial charge is 0.487 e. The molecule has 2 rings (SSSR count). The molecule has 5 nitrogen and oxygen atoms in total. The predicted molar refractivity (Wildman–Crippen MR) is 74.0 cm³/mol. The van der Waals surface area contributed by atoms with Crippen molar-refractivity contribution in [1.82, 2.24) is 4.98 Å². The number of aryl methyl sites for hydroxylation is 1. The van der Waals surface area contributed by atoms with E-state index in [1.54, 1.807) is 0 Å². The van der Waals surface area contributed by atoms with E-state index in [-0.39, 0.29) is 23.7 Å². The van der Waals surface area contributed by atoms with Crippen molar-refractivity contribution in [2.45, 2.75) is 38.8 Å². The van der Waals surface area contributed by atoms with Gasteiger partial charge in [-0.25, -0.2) is 8.42 Å². The number of nitrogens with zero attached hydrogens (tertiary/aromatic N) is 1. The molecular weight excluding hydrogens is 264 g/mol. The van der Waals surface area contributed by atoms with E-state index in [2.05, 4.69) is 4.98 Å². The van der Waals surface area contributed by atoms with E-state index in [9.17, 15) is 8.42 Å². The standard InChI is InChI=1S/C13H20N2O3S/c1-9(14)7-12-13(4-3-10(2)15-12)18-11-5-6-19(16,17)8-11/h3-4,9,11H,5-8,14H2,1-2H3. The lowest BCUT2D eigenvalue weighted by molar-refractivity contribution is 0.225. The Morgan fingerprint density at radius 3 is 2.84 bits per heavy atom. The van der Waals surface area contributed by atoms with E-state index < -0.39 is 9.84 Å². The van der Waals surface area contributed by atoms with Gasteiger partial charge in [0, 0.05) is 18.2 Å². The summed E-state index contributed by atoms with van der Waals surface area (Å²) in [7, 11) is -2.93. The van der Waals surface area contributed by atoms with Crippen LogP contribution in [0.4, 0.5) is 0 Å². The van der Waals surface area contributed by atoms with E-state index >= 15 is 0 Å². The van der Waals surface area contributed by atoms with Crippen molar-refractivity contribution in [3.8, 4) is 5.75 Å². The first-order valence-corrected chi connectivity index (χ1v) is 8.27. The summed E-state index contributed by atoms with van der Waals surface area (Å²) < 4.78 is 28.7. The molecule has 0 saturated carbocycles. The molecule has 1 fully saturated rings. The van der Waals surface area contributed by atoms with Crippen molar-refractivity contribution in [2.24, 2.45) is 5.73 Å². The summed E-state index contributed by atoms with van der Waals surface area (Å²) in [6.45, 7) is 3.82. The zero-order valence-electron chi connectivity index (χ0n) is 11.3. The second-order valence-corrected chi connectivity index (χ2v) is 7.45. The summed E-state index contributed by atoms with van der Waals surface area (Å²) in [5.41, 5.74) is 7.51. The molecule has 0 aromatic carbocycles. The quantitative estimate of drug-likeness (QED) is 0.886. The zero-order valence-corrected chi connectivity index (χ0v) is 12.1. The number of aromatic nitrogens is 1. The predicted octanol–water partition coefficient (Wildman–Crippen LogP) is 0.846. The smallest absolute Gasteiger partial charge is 0.154 e. The molecule has 0 radical (unpaired) electrons. The normalized spacial score (nSPS) is 23.2. The van der Waals surface area contributed by atoms with Crippen LogP contribution in [0.1, 0.15) is 24.7 Å². The van der Waals surface area contributed by atoms with E-state index in [0.29, 0.717) is 18.6 Å². The molecule has 19 heavy (non-hydrogen) atoms. The highest BCUT2D eigenvalue weighted by Gasteiger charge is 2.30. The lowest BCUT2D eigenvalue weighted by Crippen LogP contribution is -2.22. The second-order valence-electron chi connectivity index (χ2n) is 5.22. The molecule has 0 aliphatic carbocycles. The minimum Gasteiger partial charge on any atom is -0.487 e. The number of pyridine rings is 1. The molecule has 6 heteroatoms. The fraction of sp³-hybridized carbons (Fsp3) is 0.615. The van der Waals surface area contributed by atoms with Crippen LogP contribution in [0.5, 0.6) is 5.75 Å². The van der Waals surface area contributed by atoms with Gasteiger partial charge in [0.05, 0.1) is 17.2 Å². The third-order valence-corrected chi connectivity index (χ3v) is 4.81. The first-order chi connectivity index (χ1) is 8.85. The lowest BCUT2D eigenvalue weighted by Gasteiger charge is -2.16. The Labute approximate surface area is 114 Å². The molecule has 0 amide bonds. The lowest BCUT2D eigenvalue weighted by atomic mass is 10.1. The Bertz CT molecular complexity index is 555. The molecule has 0 spiro atoms. The number of sulfone groups is 1. The molecule has 2 heterocycles. The maximum absolute atomic E-state index is 11.4. The van der Waals surface area contributed by atoms with Crippen molar-refractivity contribution < 1.29 is 13.2 Å². The second kappa shape index (κ2) is 5.46. The highest BCUT2D eigenvalue weighted by atomic mass is 32.2. The van der Waals surface area contributed by atoms with Crippen LogP contribution < -0.4 is 10.5 Å². The maximum Gasteiger partial charge on any atom is 0.154 e. The maximum atomic E-state index is 11.4. The van der Waals surface area contributed by atoms with E-state index in [4.69, 9.17) is 10.5 Å².